The van der Waals surface area contributed by atoms with E-state index in [1.54, 1.807) is 24.3 Å². The monoisotopic (exact) mass is 347 g/mol. The molecule has 19 heavy (non-hydrogen) atoms. The van der Waals surface area contributed by atoms with E-state index in [2.05, 4.69) is 20.7 Å². The molecule has 106 valence electrons. The molecule has 0 atom stereocenters. The molecule has 0 aliphatic heterocycles. The van der Waals surface area contributed by atoms with Gasteiger partial charge in [-0.1, -0.05) is 53.5 Å². The number of unbranched alkanes of at least 4 members (excludes halogenated alkanes) is 1. The predicted molar refractivity (Wildman–Crippen MR) is 80.1 cm³/mol. The van der Waals surface area contributed by atoms with Crippen LogP contribution in [0.15, 0.2) is 24.3 Å². The molecule has 0 aromatic heterocycles. The van der Waals surface area contributed by atoms with Gasteiger partial charge in [0, 0.05) is 12.1 Å². The summed E-state index contributed by atoms with van der Waals surface area (Å²) in [5.41, 5.74) is 1.46. The standard InChI is InChI=1S/C13H18BrNO3S/c1-2-3-8-19(17,18)15-10-11-4-6-12(7-5-11)13(16)9-14/h4-7,15H,2-3,8-10H2,1H3. The number of sulfonamides is 1. The van der Waals surface area contributed by atoms with Crippen LogP contribution in [0.5, 0.6) is 0 Å². The van der Waals surface area contributed by atoms with E-state index in [9.17, 15) is 13.2 Å². The van der Waals surface area contributed by atoms with Crippen molar-refractivity contribution in [1.29, 1.82) is 0 Å². The van der Waals surface area contributed by atoms with Gasteiger partial charge in [-0.25, -0.2) is 13.1 Å². The second-order valence-corrected chi connectivity index (χ2v) is 6.73. The fourth-order valence-electron chi connectivity index (χ4n) is 1.49. The number of carbonyl (C=O) groups excluding carboxylic acids is 1. The molecule has 0 radical (unpaired) electrons. The summed E-state index contributed by atoms with van der Waals surface area (Å²) in [5, 5.41) is 0.288. The first-order chi connectivity index (χ1) is 8.98. The van der Waals surface area contributed by atoms with Gasteiger partial charge >= 0.3 is 0 Å². The summed E-state index contributed by atoms with van der Waals surface area (Å²) < 4.78 is 25.8. The molecule has 1 aromatic rings. The minimum absolute atomic E-state index is 0.00933. The third-order valence-corrected chi connectivity index (χ3v) is 4.58. The SMILES string of the molecule is CCCCS(=O)(=O)NCc1ccc(C(=O)CBr)cc1. The Morgan fingerprint density at radius 1 is 1.26 bits per heavy atom. The molecule has 0 bridgehead atoms. The average Bonchev–Trinajstić information content (AvgIpc) is 2.43. The van der Waals surface area contributed by atoms with E-state index >= 15 is 0 Å². The fraction of sp³-hybridized carbons (Fsp3) is 0.462. The fourth-order valence-corrected chi connectivity index (χ4v) is 3.01. The van der Waals surface area contributed by atoms with Crippen LogP contribution in [-0.4, -0.2) is 25.3 Å². The Bertz CT molecular complexity index is 511. The number of alkyl halides is 1. The summed E-state index contributed by atoms with van der Waals surface area (Å²) in [4.78, 5) is 11.4. The molecular formula is C13H18BrNO3S. The van der Waals surface area contributed by atoms with Gasteiger partial charge < -0.3 is 0 Å². The van der Waals surface area contributed by atoms with Crippen LogP contribution in [0.3, 0.4) is 0 Å². The Morgan fingerprint density at radius 3 is 2.42 bits per heavy atom. The smallest absolute Gasteiger partial charge is 0.211 e. The molecular weight excluding hydrogens is 330 g/mol. The minimum Gasteiger partial charge on any atom is -0.293 e. The Morgan fingerprint density at radius 2 is 1.89 bits per heavy atom. The highest BCUT2D eigenvalue weighted by atomic mass is 79.9. The quantitative estimate of drug-likeness (QED) is 0.580. The topological polar surface area (TPSA) is 63.2 Å². The Kier molecular flexibility index (Phi) is 6.68. The van der Waals surface area contributed by atoms with E-state index in [4.69, 9.17) is 0 Å². The largest absolute Gasteiger partial charge is 0.293 e. The van der Waals surface area contributed by atoms with Crippen LogP contribution < -0.4 is 4.72 Å². The highest BCUT2D eigenvalue weighted by molar-refractivity contribution is 9.09. The molecule has 0 aliphatic carbocycles. The molecule has 0 spiro atoms. The van der Waals surface area contributed by atoms with Crippen LogP contribution in [0, 0.1) is 0 Å². The number of benzene rings is 1. The van der Waals surface area contributed by atoms with E-state index < -0.39 is 10.0 Å². The predicted octanol–water partition coefficient (Wildman–Crippen LogP) is 2.48. The molecule has 0 aliphatic rings. The van der Waals surface area contributed by atoms with Crippen molar-refractivity contribution >= 4 is 31.7 Å². The van der Waals surface area contributed by atoms with Gasteiger partial charge in [-0.15, -0.1) is 0 Å². The van der Waals surface area contributed by atoms with E-state index in [-0.39, 0.29) is 23.4 Å². The lowest BCUT2D eigenvalue weighted by atomic mass is 10.1. The van der Waals surface area contributed by atoms with Crippen molar-refractivity contribution in [2.75, 3.05) is 11.1 Å². The summed E-state index contributed by atoms with van der Waals surface area (Å²) >= 11 is 3.11. The van der Waals surface area contributed by atoms with E-state index in [0.29, 0.717) is 12.0 Å². The molecule has 4 nitrogen and oxygen atoms in total. The Hall–Kier alpha value is -0.720. The van der Waals surface area contributed by atoms with Crippen molar-refractivity contribution in [3.05, 3.63) is 35.4 Å². The summed E-state index contributed by atoms with van der Waals surface area (Å²) in [5.74, 6) is 0.166. The maximum absolute atomic E-state index is 11.6. The van der Waals surface area contributed by atoms with Gasteiger partial charge in [0.2, 0.25) is 10.0 Å². The third kappa shape index (κ3) is 5.84. The molecule has 0 amide bonds. The van der Waals surface area contributed by atoms with Gasteiger partial charge in [-0.05, 0) is 12.0 Å². The number of hydrogen-bond donors (Lipinski definition) is 1. The lowest BCUT2D eigenvalue weighted by Crippen LogP contribution is -2.25. The van der Waals surface area contributed by atoms with Gasteiger partial charge in [0.05, 0.1) is 11.1 Å². The zero-order chi connectivity index (χ0) is 14.3. The molecule has 0 heterocycles. The van der Waals surface area contributed by atoms with Crippen LogP contribution in [0.25, 0.3) is 0 Å². The first kappa shape index (κ1) is 16.3. The molecule has 6 heteroatoms. The van der Waals surface area contributed by atoms with E-state index in [1.807, 2.05) is 6.92 Å². The number of carbonyl (C=O) groups is 1. The minimum atomic E-state index is -3.20. The number of Topliss-reactive ketones (excluding diaryl/α,β-unsaturated/α-hetero) is 1. The zero-order valence-electron chi connectivity index (χ0n) is 10.9. The van der Waals surface area contributed by atoms with Crippen molar-refractivity contribution in [2.45, 2.75) is 26.3 Å². The van der Waals surface area contributed by atoms with Crippen molar-refractivity contribution in [1.82, 2.24) is 4.72 Å². The van der Waals surface area contributed by atoms with Gasteiger partial charge in [0.15, 0.2) is 5.78 Å². The number of halogens is 1. The summed E-state index contributed by atoms with van der Waals surface area (Å²) in [6.07, 6.45) is 1.51. The lowest BCUT2D eigenvalue weighted by molar-refractivity contribution is 0.102. The van der Waals surface area contributed by atoms with Crippen molar-refractivity contribution in [3.63, 3.8) is 0 Å². The second kappa shape index (κ2) is 7.77. The normalized spacial score (nSPS) is 11.5. The molecule has 0 saturated carbocycles. The first-order valence-electron chi connectivity index (χ1n) is 6.14. The first-order valence-corrected chi connectivity index (χ1v) is 8.91. The van der Waals surface area contributed by atoms with E-state index in [0.717, 1.165) is 12.0 Å². The molecule has 0 fully saturated rings. The highest BCUT2D eigenvalue weighted by Gasteiger charge is 2.09. The van der Waals surface area contributed by atoms with Crippen molar-refractivity contribution in [2.24, 2.45) is 0 Å². The van der Waals surface area contributed by atoms with Crippen LogP contribution in [0.1, 0.15) is 35.7 Å². The third-order valence-electron chi connectivity index (χ3n) is 2.66. The van der Waals surface area contributed by atoms with E-state index in [1.165, 1.54) is 0 Å². The van der Waals surface area contributed by atoms with Gasteiger partial charge in [0.1, 0.15) is 0 Å². The van der Waals surface area contributed by atoms with Crippen LogP contribution in [0.2, 0.25) is 0 Å². The molecule has 1 aromatic carbocycles. The summed E-state index contributed by atoms with van der Waals surface area (Å²) in [7, 11) is -3.20. The Labute approximate surface area is 122 Å². The molecule has 1 rings (SSSR count). The van der Waals surface area contributed by atoms with Crippen LogP contribution in [0.4, 0.5) is 0 Å². The molecule has 1 N–H and O–H groups in total. The van der Waals surface area contributed by atoms with Crippen molar-refractivity contribution < 1.29 is 13.2 Å². The van der Waals surface area contributed by atoms with Gasteiger partial charge in [-0.2, -0.15) is 0 Å². The summed E-state index contributed by atoms with van der Waals surface area (Å²) in [6.45, 7) is 2.21. The lowest BCUT2D eigenvalue weighted by Gasteiger charge is -2.06. The number of nitrogens with one attached hydrogen (secondary N) is 1. The summed E-state index contributed by atoms with van der Waals surface area (Å²) in [6, 6.07) is 6.94. The van der Waals surface area contributed by atoms with Crippen LogP contribution >= 0.6 is 15.9 Å². The number of hydrogen-bond acceptors (Lipinski definition) is 3. The highest BCUT2D eigenvalue weighted by Crippen LogP contribution is 2.07. The van der Waals surface area contributed by atoms with Gasteiger partial charge in [-0.3, -0.25) is 4.79 Å². The molecule has 0 unspecified atom stereocenters. The second-order valence-electron chi connectivity index (χ2n) is 4.25. The maximum Gasteiger partial charge on any atom is 0.211 e. The van der Waals surface area contributed by atoms with Crippen molar-refractivity contribution in [3.8, 4) is 0 Å². The van der Waals surface area contributed by atoms with Gasteiger partial charge in [0.25, 0.3) is 0 Å². The van der Waals surface area contributed by atoms with Crippen LogP contribution in [-0.2, 0) is 16.6 Å². The maximum atomic E-state index is 11.6. The zero-order valence-corrected chi connectivity index (χ0v) is 13.3. The number of rotatable bonds is 8. The molecule has 0 saturated heterocycles. The number of ketones is 1. The Balaban J connectivity index is 2.57. The average molecular weight is 348 g/mol.